The fraction of sp³-hybridized carbons (Fsp3) is 0.571. The zero-order chi connectivity index (χ0) is 15.6. The summed E-state index contributed by atoms with van der Waals surface area (Å²) < 4.78 is 40.8. The number of nitrogens with one attached hydrogen (secondary N) is 1. The van der Waals surface area contributed by atoms with Gasteiger partial charge in [-0.2, -0.15) is 4.31 Å². The Bertz CT molecular complexity index is 611. The number of hydrogen-bond acceptors (Lipinski definition) is 4. The van der Waals surface area contributed by atoms with Crippen molar-refractivity contribution < 1.29 is 12.8 Å². The van der Waals surface area contributed by atoms with E-state index in [9.17, 15) is 12.8 Å². The van der Waals surface area contributed by atoms with Gasteiger partial charge >= 0.3 is 0 Å². The second-order valence-corrected chi connectivity index (χ2v) is 7.39. The zero-order valence-corrected chi connectivity index (χ0v) is 13.5. The molecule has 0 spiro atoms. The zero-order valence-electron chi connectivity index (χ0n) is 12.7. The van der Waals surface area contributed by atoms with Crippen LogP contribution in [0, 0.1) is 12.7 Å². The van der Waals surface area contributed by atoms with E-state index in [4.69, 9.17) is 0 Å². The van der Waals surface area contributed by atoms with E-state index >= 15 is 0 Å². The lowest BCUT2D eigenvalue weighted by Gasteiger charge is -2.31. The molecule has 5 nitrogen and oxygen atoms in total. The molecule has 1 aliphatic rings. The van der Waals surface area contributed by atoms with Crippen molar-refractivity contribution in [3.05, 3.63) is 29.1 Å². The second kappa shape index (κ2) is 6.39. The van der Waals surface area contributed by atoms with Gasteiger partial charge in [0.05, 0.1) is 4.90 Å². The lowest BCUT2D eigenvalue weighted by Crippen LogP contribution is -2.47. The smallest absolute Gasteiger partial charge is 0.243 e. The summed E-state index contributed by atoms with van der Waals surface area (Å²) in [6, 6.07) is 2.86. The number of rotatable bonds is 4. The van der Waals surface area contributed by atoms with Crippen molar-refractivity contribution >= 4 is 10.0 Å². The first kappa shape index (κ1) is 16.4. The van der Waals surface area contributed by atoms with Gasteiger partial charge in [0.2, 0.25) is 10.0 Å². The number of hydrogen-bond donors (Lipinski definition) is 1. The number of benzene rings is 1. The maximum Gasteiger partial charge on any atom is 0.243 e. The predicted molar refractivity (Wildman–Crippen MR) is 80.2 cm³/mol. The topological polar surface area (TPSA) is 52.7 Å². The molecule has 0 saturated carbocycles. The summed E-state index contributed by atoms with van der Waals surface area (Å²) >= 11 is 0. The van der Waals surface area contributed by atoms with E-state index in [2.05, 4.69) is 10.2 Å². The van der Waals surface area contributed by atoms with Crippen molar-refractivity contribution in [1.29, 1.82) is 0 Å². The molecule has 0 radical (unpaired) electrons. The quantitative estimate of drug-likeness (QED) is 0.892. The Hall–Kier alpha value is -1.02. The van der Waals surface area contributed by atoms with Crippen LogP contribution < -0.4 is 5.32 Å². The molecular weight excluding hydrogens is 293 g/mol. The highest BCUT2D eigenvalue weighted by atomic mass is 32.2. The Labute approximate surface area is 125 Å². The van der Waals surface area contributed by atoms with Crippen LogP contribution in [0.15, 0.2) is 17.0 Å². The molecule has 1 aromatic rings. The third kappa shape index (κ3) is 3.42. The minimum absolute atomic E-state index is 0.177. The molecule has 7 heteroatoms. The molecule has 0 atom stereocenters. The molecule has 0 bridgehead atoms. The minimum Gasteiger partial charge on any atom is -0.316 e. The highest BCUT2D eigenvalue weighted by Gasteiger charge is 2.28. The van der Waals surface area contributed by atoms with Gasteiger partial charge in [0, 0.05) is 38.3 Å². The number of sulfonamides is 1. The van der Waals surface area contributed by atoms with Gasteiger partial charge in [-0.1, -0.05) is 0 Å². The number of piperazine rings is 1. The third-order valence-electron chi connectivity index (χ3n) is 3.77. The standard InChI is InChI=1S/C14H22FN3O2S/c1-11-8-13(9-12(10-16-2)14(11)15)21(19,20)18-6-4-17(3)5-7-18/h8-9,16H,4-7,10H2,1-3H3. The Morgan fingerprint density at radius 3 is 2.43 bits per heavy atom. The summed E-state index contributed by atoms with van der Waals surface area (Å²) in [6.45, 7) is 4.26. The molecule has 1 aliphatic heterocycles. The first-order valence-electron chi connectivity index (χ1n) is 6.98. The van der Waals surface area contributed by atoms with E-state index in [1.165, 1.54) is 16.4 Å². The number of nitrogens with zero attached hydrogens (tertiary/aromatic N) is 2. The molecule has 1 saturated heterocycles. The minimum atomic E-state index is -3.55. The molecular formula is C14H22FN3O2S. The van der Waals surface area contributed by atoms with Gasteiger partial charge in [-0.25, -0.2) is 12.8 Å². The summed E-state index contributed by atoms with van der Waals surface area (Å²) in [5.41, 5.74) is 0.737. The SMILES string of the molecule is CNCc1cc(S(=O)(=O)N2CCN(C)CC2)cc(C)c1F. The first-order valence-corrected chi connectivity index (χ1v) is 8.42. The van der Waals surface area contributed by atoms with Gasteiger partial charge in [0.25, 0.3) is 0 Å². The number of aryl methyl sites for hydroxylation is 1. The molecule has 0 unspecified atom stereocenters. The van der Waals surface area contributed by atoms with E-state index < -0.39 is 10.0 Å². The first-order chi connectivity index (χ1) is 9.86. The maximum absolute atomic E-state index is 14.0. The van der Waals surface area contributed by atoms with Crippen molar-refractivity contribution in [3.8, 4) is 0 Å². The van der Waals surface area contributed by atoms with Crippen LogP contribution in [0.25, 0.3) is 0 Å². The van der Waals surface area contributed by atoms with Crippen LogP contribution in [0.4, 0.5) is 4.39 Å². The van der Waals surface area contributed by atoms with Crippen molar-refractivity contribution in [3.63, 3.8) is 0 Å². The average Bonchev–Trinajstić information content (AvgIpc) is 2.44. The summed E-state index contributed by atoms with van der Waals surface area (Å²) in [4.78, 5) is 2.27. The van der Waals surface area contributed by atoms with Gasteiger partial charge in [-0.05, 0) is 38.7 Å². The molecule has 0 aromatic heterocycles. The van der Waals surface area contributed by atoms with Gasteiger partial charge in [-0.15, -0.1) is 0 Å². The van der Waals surface area contributed by atoms with Crippen LogP contribution in [0.3, 0.4) is 0 Å². The van der Waals surface area contributed by atoms with Crippen molar-refractivity contribution in [2.45, 2.75) is 18.4 Å². The lowest BCUT2D eigenvalue weighted by atomic mass is 10.1. The van der Waals surface area contributed by atoms with Crippen LogP contribution in [0.1, 0.15) is 11.1 Å². The largest absolute Gasteiger partial charge is 0.316 e. The van der Waals surface area contributed by atoms with E-state index in [1.54, 1.807) is 14.0 Å². The molecule has 1 N–H and O–H groups in total. The highest BCUT2D eigenvalue weighted by Crippen LogP contribution is 2.23. The normalized spacial score (nSPS) is 18.1. The Morgan fingerprint density at radius 2 is 1.86 bits per heavy atom. The Kier molecular flexibility index (Phi) is 4.98. The molecule has 2 rings (SSSR count). The van der Waals surface area contributed by atoms with Crippen LogP contribution in [-0.4, -0.2) is 57.9 Å². The van der Waals surface area contributed by atoms with Crippen molar-refractivity contribution in [2.24, 2.45) is 0 Å². The summed E-state index contributed by atoms with van der Waals surface area (Å²) in [7, 11) is 0.121. The van der Waals surface area contributed by atoms with E-state index in [0.29, 0.717) is 43.9 Å². The fourth-order valence-corrected chi connectivity index (χ4v) is 4.01. The monoisotopic (exact) mass is 315 g/mol. The van der Waals surface area contributed by atoms with E-state index in [1.807, 2.05) is 7.05 Å². The van der Waals surface area contributed by atoms with Gasteiger partial charge in [-0.3, -0.25) is 0 Å². The van der Waals surface area contributed by atoms with E-state index in [-0.39, 0.29) is 10.7 Å². The average molecular weight is 315 g/mol. The lowest BCUT2D eigenvalue weighted by molar-refractivity contribution is 0.222. The molecule has 1 heterocycles. The summed E-state index contributed by atoms with van der Waals surface area (Å²) in [6.07, 6.45) is 0. The van der Waals surface area contributed by atoms with Crippen molar-refractivity contribution in [2.75, 3.05) is 40.3 Å². The van der Waals surface area contributed by atoms with Crippen LogP contribution >= 0.6 is 0 Å². The molecule has 1 fully saturated rings. The van der Waals surface area contributed by atoms with Gasteiger partial charge in [0.15, 0.2) is 0 Å². The summed E-state index contributed by atoms with van der Waals surface area (Å²) in [5.74, 6) is -0.346. The molecule has 21 heavy (non-hydrogen) atoms. The van der Waals surface area contributed by atoms with Crippen LogP contribution in [0.2, 0.25) is 0 Å². The molecule has 1 aromatic carbocycles. The van der Waals surface area contributed by atoms with Crippen LogP contribution in [0.5, 0.6) is 0 Å². The van der Waals surface area contributed by atoms with Crippen molar-refractivity contribution in [1.82, 2.24) is 14.5 Å². The molecule has 0 amide bonds. The molecule has 118 valence electrons. The molecule has 0 aliphatic carbocycles. The predicted octanol–water partition coefficient (Wildman–Crippen LogP) is 0.790. The van der Waals surface area contributed by atoms with Crippen LogP contribution in [-0.2, 0) is 16.6 Å². The number of likely N-dealkylation sites (N-methyl/N-ethyl adjacent to an activating group) is 1. The van der Waals surface area contributed by atoms with E-state index in [0.717, 1.165) is 0 Å². The van der Waals surface area contributed by atoms with Gasteiger partial charge in [0.1, 0.15) is 5.82 Å². The highest BCUT2D eigenvalue weighted by molar-refractivity contribution is 7.89. The summed E-state index contributed by atoms with van der Waals surface area (Å²) in [5, 5.41) is 2.86. The Morgan fingerprint density at radius 1 is 1.24 bits per heavy atom. The second-order valence-electron chi connectivity index (χ2n) is 5.45. The van der Waals surface area contributed by atoms with Gasteiger partial charge < -0.3 is 10.2 Å². The maximum atomic E-state index is 14.0. The number of halogens is 1. The fourth-order valence-electron chi connectivity index (χ4n) is 2.45. The third-order valence-corrected chi connectivity index (χ3v) is 5.65. The Balaban J connectivity index is 2.36.